The van der Waals surface area contributed by atoms with Crippen LogP contribution in [0.15, 0.2) is 40.7 Å². The first-order valence-corrected chi connectivity index (χ1v) is 8.73. The summed E-state index contributed by atoms with van der Waals surface area (Å²) in [5.41, 5.74) is 3.49. The van der Waals surface area contributed by atoms with Gasteiger partial charge in [0.05, 0.1) is 5.69 Å². The van der Waals surface area contributed by atoms with E-state index >= 15 is 0 Å². The highest BCUT2D eigenvalue weighted by atomic mass is 127. The number of thiol groups is 1. The minimum absolute atomic E-state index is 0.301. The van der Waals surface area contributed by atoms with Crippen molar-refractivity contribution in [2.24, 2.45) is 0 Å². The zero-order valence-corrected chi connectivity index (χ0v) is 15.3. The van der Waals surface area contributed by atoms with Gasteiger partial charge in [0.2, 0.25) is 0 Å². The minimum Gasteiger partial charge on any atom is -0.355 e. The molecule has 0 aliphatic carbocycles. The maximum absolute atomic E-state index is 13.6. The molecule has 3 aromatic rings. The number of nitrogens with zero attached hydrogens (tertiary/aromatic N) is 2. The van der Waals surface area contributed by atoms with Gasteiger partial charge >= 0.3 is 0 Å². The topological polar surface area (TPSA) is 37.8 Å². The highest BCUT2D eigenvalue weighted by molar-refractivity contribution is 14.1. The molecule has 0 atom stereocenters. The molecule has 0 aliphatic heterocycles. The van der Waals surface area contributed by atoms with Crippen LogP contribution < -0.4 is 5.32 Å². The molecule has 0 bridgehead atoms. The van der Waals surface area contributed by atoms with E-state index < -0.39 is 0 Å². The minimum atomic E-state index is -0.301. The van der Waals surface area contributed by atoms with E-state index in [1.807, 2.05) is 19.1 Å². The lowest BCUT2D eigenvalue weighted by atomic mass is 10.1. The van der Waals surface area contributed by atoms with Gasteiger partial charge in [-0.3, -0.25) is 0 Å². The lowest BCUT2D eigenvalue weighted by molar-refractivity contribution is 0.628. The van der Waals surface area contributed by atoms with Crippen LogP contribution in [0, 0.1) is 16.3 Å². The summed E-state index contributed by atoms with van der Waals surface area (Å²) in [4.78, 5) is 0. The van der Waals surface area contributed by atoms with Gasteiger partial charge in [-0.25, -0.2) is 4.39 Å². The number of aromatic nitrogens is 2. The van der Waals surface area contributed by atoms with Crippen molar-refractivity contribution in [3.05, 3.63) is 51.3 Å². The first kappa shape index (κ1) is 15.7. The monoisotopic (exact) mass is 443 g/mol. The Balaban J connectivity index is 2.04. The Labute approximate surface area is 150 Å². The van der Waals surface area contributed by atoms with Crippen molar-refractivity contribution in [2.45, 2.75) is 11.3 Å². The van der Waals surface area contributed by atoms with Gasteiger partial charge in [-0.05, 0) is 71.5 Å². The van der Waals surface area contributed by atoms with Gasteiger partial charge in [0, 0.05) is 14.8 Å². The smallest absolute Gasteiger partial charge is 0.171 e. The van der Waals surface area contributed by atoms with Crippen molar-refractivity contribution < 1.29 is 4.39 Å². The van der Waals surface area contributed by atoms with Gasteiger partial charge < -0.3 is 5.32 Å². The van der Waals surface area contributed by atoms with E-state index in [0.29, 0.717) is 15.0 Å². The lowest BCUT2D eigenvalue weighted by Gasteiger charge is -2.13. The molecule has 1 N–H and O–H groups in total. The molecule has 0 radical (unpaired) electrons. The summed E-state index contributed by atoms with van der Waals surface area (Å²) in [5.74, 6) is -0.301. The molecule has 3 rings (SSSR count). The van der Waals surface area contributed by atoms with Crippen molar-refractivity contribution in [1.82, 2.24) is 10.2 Å². The van der Waals surface area contributed by atoms with E-state index in [0.717, 1.165) is 20.4 Å². The number of anilines is 2. The SMILES string of the molecule is Cc1cc(I)ccc1Nc1cc(F)ccc1-c1nnc(S)s1. The molecule has 0 saturated carbocycles. The van der Waals surface area contributed by atoms with E-state index in [9.17, 15) is 4.39 Å². The summed E-state index contributed by atoms with van der Waals surface area (Å²) in [6, 6.07) is 10.6. The fraction of sp³-hybridized carbons (Fsp3) is 0.0667. The second kappa shape index (κ2) is 6.51. The Morgan fingerprint density at radius 1 is 1.14 bits per heavy atom. The van der Waals surface area contributed by atoms with Crippen LogP contribution in [0.4, 0.5) is 15.8 Å². The van der Waals surface area contributed by atoms with Gasteiger partial charge in [0.15, 0.2) is 9.35 Å². The third-order valence-electron chi connectivity index (χ3n) is 3.08. The normalized spacial score (nSPS) is 10.7. The standard InChI is InChI=1S/C15H11FIN3S2/c1-8-6-10(17)3-5-12(8)18-13-7-9(16)2-4-11(13)14-19-20-15(21)22-14/h2-7,18H,1H3,(H,20,21). The van der Waals surface area contributed by atoms with Gasteiger partial charge in [-0.2, -0.15) is 0 Å². The van der Waals surface area contributed by atoms with Crippen LogP contribution in [0.3, 0.4) is 0 Å². The van der Waals surface area contributed by atoms with Crippen LogP contribution >= 0.6 is 46.6 Å². The summed E-state index contributed by atoms with van der Waals surface area (Å²) >= 11 is 7.81. The number of rotatable bonds is 3. The Morgan fingerprint density at radius 2 is 1.95 bits per heavy atom. The Morgan fingerprint density at radius 3 is 2.64 bits per heavy atom. The van der Waals surface area contributed by atoms with Gasteiger partial charge in [-0.1, -0.05) is 11.3 Å². The maximum Gasteiger partial charge on any atom is 0.171 e. The van der Waals surface area contributed by atoms with Crippen molar-refractivity contribution in [1.29, 1.82) is 0 Å². The summed E-state index contributed by atoms with van der Waals surface area (Å²) < 4.78 is 15.4. The van der Waals surface area contributed by atoms with Crippen LogP contribution in [0.2, 0.25) is 0 Å². The molecular formula is C15H11FIN3S2. The quantitative estimate of drug-likeness (QED) is 0.427. The van der Waals surface area contributed by atoms with Crippen molar-refractivity contribution in [2.75, 3.05) is 5.32 Å². The number of aryl methyl sites for hydroxylation is 1. The number of hydrogen-bond acceptors (Lipinski definition) is 5. The molecule has 1 heterocycles. The van der Waals surface area contributed by atoms with Crippen LogP contribution in [-0.2, 0) is 0 Å². The zero-order valence-electron chi connectivity index (χ0n) is 11.5. The number of nitrogens with one attached hydrogen (secondary N) is 1. The number of benzene rings is 2. The van der Waals surface area contributed by atoms with Crippen LogP contribution in [0.1, 0.15) is 5.56 Å². The molecule has 112 valence electrons. The molecule has 0 unspecified atom stereocenters. The lowest BCUT2D eigenvalue weighted by Crippen LogP contribution is -1.97. The second-order valence-corrected chi connectivity index (χ2v) is 7.61. The molecule has 7 heteroatoms. The second-order valence-electron chi connectivity index (χ2n) is 4.66. The van der Waals surface area contributed by atoms with Crippen LogP contribution in [-0.4, -0.2) is 10.2 Å². The molecule has 1 aromatic heterocycles. The molecule has 0 amide bonds. The van der Waals surface area contributed by atoms with Crippen molar-refractivity contribution in [3.63, 3.8) is 0 Å². The third-order valence-corrected chi connectivity index (χ3v) is 4.88. The zero-order chi connectivity index (χ0) is 15.7. The largest absolute Gasteiger partial charge is 0.355 e. The Hall–Kier alpha value is -1.19. The molecule has 0 fully saturated rings. The molecule has 2 aromatic carbocycles. The summed E-state index contributed by atoms with van der Waals surface area (Å²) in [5, 5.41) is 12.0. The highest BCUT2D eigenvalue weighted by Crippen LogP contribution is 2.34. The van der Waals surface area contributed by atoms with E-state index in [1.165, 1.54) is 23.5 Å². The molecule has 0 saturated heterocycles. The average molecular weight is 443 g/mol. The van der Waals surface area contributed by atoms with E-state index in [4.69, 9.17) is 0 Å². The van der Waals surface area contributed by atoms with Gasteiger partial charge in [0.1, 0.15) is 5.82 Å². The number of hydrogen-bond donors (Lipinski definition) is 2. The fourth-order valence-corrected chi connectivity index (χ4v) is 3.62. The van der Waals surface area contributed by atoms with E-state index in [1.54, 1.807) is 6.07 Å². The van der Waals surface area contributed by atoms with Crippen molar-refractivity contribution >= 4 is 57.9 Å². The average Bonchev–Trinajstić information content (AvgIpc) is 2.88. The van der Waals surface area contributed by atoms with E-state index in [-0.39, 0.29) is 5.82 Å². The van der Waals surface area contributed by atoms with Crippen LogP contribution in [0.25, 0.3) is 10.6 Å². The third kappa shape index (κ3) is 3.41. The first-order chi connectivity index (χ1) is 10.5. The summed E-state index contributed by atoms with van der Waals surface area (Å²) in [6.45, 7) is 2.01. The summed E-state index contributed by atoms with van der Waals surface area (Å²) in [7, 11) is 0. The first-order valence-electron chi connectivity index (χ1n) is 6.38. The van der Waals surface area contributed by atoms with Crippen molar-refractivity contribution in [3.8, 4) is 10.6 Å². The Kier molecular flexibility index (Phi) is 4.65. The van der Waals surface area contributed by atoms with Crippen LogP contribution in [0.5, 0.6) is 0 Å². The predicted molar refractivity (Wildman–Crippen MR) is 99.7 cm³/mol. The predicted octanol–water partition coefficient (Wildman–Crippen LogP) is 5.29. The van der Waals surface area contributed by atoms with E-state index in [2.05, 4.69) is 56.8 Å². The molecule has 3 nitrogen and oxygen atoms in total. The molecule has 22 heavy (non-hydrogen) atoms. The molecule has 0 aliphatic rings. The summed E-state index contributed by atoms with van der Waals surface area (Å²) in [6.07, 6.45) is 0. The molecular weight excluding hydrogens is 432 g/mol. The molecule has 0 spiro atoms. The fourth-order valence-electron chi connectivity index (χ4n) is 2.04. The maximum atomic E-state index is 13.6. The highest BCUT2D eigenvalue weighted by Gasteiger charge is 2.12. The van der Waals surface area contributed by atoms with Gasteiger partial charge in [-0.15, -0.1) is 22.8 Å². The number of halogens is 2. The Bertz CT molecular complexity index is 835. The van der Waals surface area contributed by atoms with Gasteiger partial charge in [0.25, 0.3) is 0 Å².